The zero-order valence-electron chi connectivity index (χ0n) is 7.87. The van der Waals surface area contributed by atoms with Crippen molar-refractivity contribution < 1.29 is 0 Å². The van der Waals surface area contributed by atoms with Gasteiger partial charge in [-0.05, 0) is 80.1 Å². The first-order valence-electron chi connectivity index (χ1n) is 4.52. The summed E-state index contributed by atoms with van der Waals surface area (Å²) < 4.78 is 2.59. The lowest BCUT2D eigenvalue weighted by Gasteiger charge is -2.02. The Labute approximate surface area is 119 Å². The van der Waals surface area contributed by atoms with Crippen molar-refractivity contribution in [2.45, 2.75) is 0 Å². The Morgan fingerprint density at radius 3 is 1.27 bits per heavy atom. The van der Waals surface area contributed by atoms with Crippen LogP contribution in [0.5, 0.6) is 0 Å². The maximum absolute atomic E-state index is 2.33. The van der Waals surface area contributed by atoms with Crippen LogP contribution in [0.1, 0.15) is 0 Å². The molecule has 0 atom stereocenters. The van der Waals surface area contributed by atoms with E-state index in [1.807, 2.05) is 0 Å². The van der Waals surface area contributed by atoms with Crippen molar-refractivity contribution in [3.05, 3.63) is 55.7 Å². The third kappa shape index (κ3) is 3.68. The number of rotatable bonds is 2. The molecule has 0 spiro atoms. The largest absolute Gasteiger partial charge is 0.0591 e. The predicted molar refractivity (Wildman–Crippen MR) is 85.9 cm³/mol. The highest BCUT2D eigenvalue weighted by atomic mass is 127. The summed E-state index contributed by atoms with van der Waals surface area (Å²) in [5, 5.41) is 2.80. The van der Waals surface area contributed by atoms with Crippen LogP contribution in [0.3, 0.4) is 0 Å². The van der Waals surface area contributed by atoms with E-state index in [9.17, 15) is 0 Å². The second-order valence-corrected chi connectivity index (χ2v) is 7.03. The van der Waals surface area contributed by atoms with Gasteiger partial charge in [-0.25, -0.2) is 0 Å². The summed E-state index contributed by atoms with van der Waals surface area (Å²) in [6, 6.07) is 17.5. The number of hydrogen-bond donors (Lipinski definition) is 0. The van der Waals surface area contributed by atoms with Crippen LogP contribution in [0.15, 0.2) is 48.5 Å². The molecule has 0 nitrogen and oxygen atoms in total. The van der Waals surface area contributed by atoms with E-state index in [4.69, 9.17) is 0 Å². The molecule has 2 aromatic rings. The Morgan fingerprint density at radius 1 is 0.600 bits per heavy atom. The number of benzene rings is 2. The monoisotopic (exact) mass is 438 g/mol. The van der Waals surface area contributed by atoms with E-state index >= 15 is 0 Å². The zero-order chi connectivity index (χ0) is 10.7. The second kappa shape index (κ2) is 5.60. The van der Waals surface area contributed by atoms with Gasteiger partial charge in [0, 0.05) is 7.14 Å². The molecule has 0 radical (unpaired) electrons. The summed E-state index contributed by atoms with van der Waals surface area (Å²) in [6.45, 7) is 0. The van der Waals surface area contributed by atoms with Gasteiger partial charge in [0.05, 0.1) is 0 Å². The SMILES string of the molecule is Ic1ccc(Pc2ccc(I)cc2)cc1. The third-order valence-corrected chi connectivity index (χ3v) is 4.66. The second-order valence-electron chi connectivity index (χ2n) is 3.14. The average molecular weight is 438 g/mol. The van der Waals surface area contributed by atoms with Crippen LogP contribution < -0.4 is 10.6 Å². The van der Waals surface area contributed by atoms with Crippen LogP contribution >= 0.6 is 53.8 Å². The Kier molecular flexibility index (Phi) is 4.40. The zero-order valence-corrected chi connectivity index (χ0v) is 13.2. The van der Waals surface area contributed by atoms with Crippen molar-refractivity contribution in [1.82, 2.24) is 0 Å². The van der Waals surface area contributed by atoms with Gasteiger partial charge in [0.15, 0.2) is 0 Å². The minimum Gasteiger partial charge on any atom is -0.0591 e. The maximum Gasteiger partial charge on any atom is 0.0130 e. The Bertz CT molecular complexity index is 391. The van der Waals surface area contributed by atoms with Crippen LogP contribution in [0.2, 0.25) is 0 Å². The molecule has 15 heavy (non-hydrogen) atoms. The molecule has 0 N–H and O–H groups in total. The molecule has 0 fully saturated rings. The van der Waals surface area contributed by atoms with E-state index in [0.29, 0.717) is 0 Å². The van der Waals surface area contributed by atoms with Crippen LogP contribution in [-0.4, -0.2) is 0 Å². The van der Waals surface area contributed by atoms with Crippen LogP contribution in [0, 0.1) is 7.14 Å². The summed E-state index contributed by atoms with van der Waals surface area (Å²) in [4.78, 5) is 0. The molecule has 0 heterocycles. The molecule has 2 aromatic carbocycles. The summed E-state index contributed by atoms with van der Waals surface area (Å²) in [6.07, 6.45) is 0. The molecule has 0 aliphatic rings. The van der Waals surface area contributed by atoms with Gasteiger partial charge >= 0.3 is 0 Å². The van der Waals surface area contributed by atoms with Crippen LogP contribution in [0.4, 0.5) is 0 Å². The van der Waals surface area contributed by atoms with Crippen molar-refractivity contribution in [3.8, 4) is 0 Å². The standard InChI is InChI=1S/C12H9I2P/c13-9-1-5-11(6-2-9)15-12-7-3-10(14)4-8-12/h1-8,15H. The van der Waals surface area contributed by atoms with Crippen molar-refractivity contribution in [2.24, 2.45) is 0 Å². The highest BCUT2D eigenvalue weighted by Crippen LogP contribution is 2.13. The van der Waals surface area contributed by atoms with Gasteiger partial charge in [0.2, 0.25) is 0 Å². The summed E-state index contributed by atoms with van der Waals surface area (Å²) in [5.41, 5.74) is 0. The molecule has 0 aliphatic carbocycles. The lowest BCUT2D eigenvalue weighted by atomic mass is 10.4. The molecular formula is C12H9I2P. The minimum absolute atomic E-state index is 0.763. The predicted octanol–water partition coefficient (Wildman–Crippen LogP) is 3.53. The first kappa shape index (κ1) is 11.8. The van der Waals surface area contributed by atoms with Crippen molar-refractivity contribution >= 4 is 64.4 Å². The topological polar surface area (TPSA) is 0 Å². The molecule has 0 aliphatic heterocycles. The Balaban J connectivity index is 2.15. The average Bonchev–Trinajstić information content (AvgIpc) is 2.25. The fourth-order valence-corrected chi connectivity index (χ4v) is 2.95. The summed E-state index contributed by atoms with van der Waals surface area (Å²) in [5.74, 6) is 0. The third-order valence-electron chi connectivity index (χ3n) is 1.98. The van der Waals surface area contributed by atoms with E-state index < -0.39 is 0 Å². The summed E-state index contributed by atoms with van der Waals surface area (Å²) >= 11 is 4.67. The number of hydrogen-bond acceptors (Lipinski definition) is 0. The van der Waals surface area contributed by atoms with Gasteiger partial charge in [0.25, 0.3) is 0 Å². The van der Waals surface area contributed by atoms with E-state index in [1.165, 1.54) is 17.7 Å². The molecule has 76 valence electrons. The lowest BCUT2D eigenvalue weighted by Crippen LogP contribution is -2.02. The molecule has 0 amide bonds. The molecule has 0 saturated carbocycles. The highest BCUT2D eigenvalue weighted by Gasteiger charge is 1.96. The molecule has 0 bridgehead atoms. The first-order chi connectivity index (χ1) is 7.24. The van der Waals surface area contributed by atoms with Crippen molar-refractivity contribution in [1.29, 1.82) is 0 Å². The quantitative estimate of drug-likeness (QED) is 0.498. The van der Waals surface area contributed by atoms with Gasteiger partial charge in [-0.1, -0.05) is 32.8 Å². The summed E-state index contributed by atoms with van der Waals surface area (Å²) in [7, 11) is 0.763. The van der Waals surface area contributed by atoms with E-state index in [1.54, 1.807) is 0 Å². The van der Waals surface area contributed by atoms with E-state index in [2.05, 4.69) is 93.7 Å². The van der Waals surface area contributed by atoms with Gasteiger partial charge < -0.3 is 0 Å². The van der Waals surface area contributed by atoms with Crippen LogP contribution in [-0.2, 0) is 0 Å². The molecular weight excluding hydrogens is 429 g/mol. The maximum atomic E-state index is 2.33. The van der Waals surface area contributed by atoms with E-state index in [-0.39, 0.29) is 0 Å². The molecule has 3 heteroatoms. The molecule has 0 saturated heterocycles. The van der Waals surface area contributed by atoms with Gasteiger partial charge in [-0.3, -0.25) is 0 Å². The molecule has 0 aromatic heterocycles. The molecule has 2 rings (SSSR count). The van der Waals surface area contributed by atoms with Crippen molar-refractivity contribution in [3.63, 3.8) is 0 Å². The van der Waals surface area contributed by atoms with Gasteiger partial charge in [-0.15, -0.1) is 0 Å². The van der Waals surface area contributed by atoms with Crippen molar-refractivity contribution in [2.75, 3.05) is 0 Å². The van der Waals surface area contributed by atoms with Gasteiger partial charge in [0.1, 0.15) is 0 Å². The fourth-order valence-electron chi connectivity index (χ4n) is 1.23. The Morgan fingerprint density at radius 2 is 0.933 bits per heavy atom. The van der Waals surface area contributed by atoms with Gasteiger partial charge in [-0.2, -0.15) is 0 Å². The molecule has 0 unspecified atom stereocenters. The minimum atomic E-state index is 0.763. The lowest BCUT2D eigenvalue weighted by molar-refractivity contribution is 1.68. The first-order valence-corrected chi connectivity index (χ1v) is 7.68. The number of halogens is 2. The Hall–Kier alpha value is 0.330. The fraction of sp³-hybridized carbons (Fsp3) is 0. The smallest absolute Gasteiger partial charge is 0.0130 e. The normalized spacial score (nSPS) is 10.3. The van der Waals surface area contributed by atoms with E-state index in [0.717, 1.165) is 8.58 Å². The van der Waals surface area contributed by atoms with Crippen LogP contribution in [0.25, 0.3) is 0 Å². The highest BCUT2D eigenvalue weighted by molar-refractivity contribution is 14.1.